The Bertz CT molecular complexity index is 779. The number of likely N-dealkylation sites (tertiary alicyclic amines) is 1. The molecule has 29 heavy (non-hydrogen) atoms. The van der Waals surface area contributed by atoms with Crippen LogP contribution in [0.2, 0.25) is 0 Å². The van der Waals surface area contributed by atoms with Gasteiger partial charge in [-0.15, -0.1) is 5.10 Å². The monoisotopic (exact) mass is 401 g/mol. The van der Waals surface area contributed by atoms with Gasteiger partial charge in [-0.25, -0.2) is 9.50 Å². The van der Waals surface area contributed by atoms with Crippen LogP contribution in [0.1, 0.15) is 51.1 Å². The smallest absolute Gasteiger partial charge is 0.336 e. The number of fused-ring (bicyclic) bond motifs is 1. The van der Waals surface area contributed by atoms with Gasteiger partial charge in [0.2, 0.25) is 0 Å². The molecule has 2 saturated heterocycles. The molecule has 3 N–H and O–H groups in total. The van der Waals surface area contributed by atoms with E-state index in [1.807, 2.05) is 10.7 Å². The minimum atomic E-state index is 0.347. The fraction of sp³-hybridized carbons (Fsp3) is 0.762. The molecule has 4 heterocycles. The lowest BCUT2D eigenvalue weighted by atomic mass is 9.90. The molecule has 0 spiro atoms. The highest BCUT2D eigenvalue weighted by Crippen LogP contribution is 2.25. The molecule has 0 bridgehead atoms. The first-order chi connectivity index (χ1) is 14.2. The van der Waals surface area contributed by atoms with E-state index in [0.29, 0.717) is 30.0 Å². The molecule has 8 heteroatoms. The Kier molecular flexibility index (Phi) is 6.82. The highest BCUT2D eigenvalue weighted by atomic mass is 16.5. The Morgan fingerprint density at radius 2 is 1.97 bits per heavy atom. The minimum absolute atomic E-state index is 0.347. The van der Waals surface area contributed by atoms with Gasteiger partial charge >= 0.3 is 6.01 Å². The molecule has 8 nitrogen and oxygen atoms in total. The van der Waals surface area contributed by atoms with Crippen LogP contribution in [0.3, 0.4) is 0 Å². The van der Waals surface area contributed by atoms with Crippen LogP contribution in [0.25, 0.3) is 5.65 Å². The number of piperidine rings is 2. The quantitative estimate of drug-likeness (QED) is 0.655. The summed E-state index contributed by atoms with van der Waals surface area (Å²) in [7, 11) is 0. The summed E-state index contributed by atoms with van der Waals surface area (Å²) >= 11 is 0. The number of ether oxygens (including phenoxy) is 1. The van der Waals surface area contributed by atoms with E-state index in [4.69, 9.17) is 10.5 Å². The fourth-order valence-electron chi connectivity index (χ4n) is 4.53. The first kappa shape index (κ1) is 20.3. The zero-order valence-corrected chi connectivity index (χ0v) is 17.6. The largest absolute Gasteiger partial charge is 0.462 e. The lowest BCUT2D eigenvalue weighted by molar-refractivity contribution is 0.147. The Morgan fingerprint density at radius 3 is 2.72 bits per heavy atom. The Balaban J connectivity index is 1.34. The summed E-state index contributed by atoms with van der Waals surface area (Å²) in [6, 6.07) is 0.347. The maximum Gasteiger partial charge on any atom is 0.336 e. The van der Waals surface area contributed by atoms with Crippen molar-refractivity contribution in [1.29, 1.82) is 0 Å². The second kappa shape index (κ2) is 9.71. The van der Waals surface area contributed by atoms with Crippen molar-refractivity contribution < 1.29 is 4.74 Å². The van der Waals surface area contributed by atoms with Gasteiger partial charge in [-0.2, -0.15) is 4.98 Å². The van der Waals surface area contributed by atoms with Crippen LogP contribution in [-0.2, 0) is 6.42 Å². The molecule has 2 aromatic rings. The number of anilines is 1. The zero-order chi connectivity index (χ0) is 20.1. The summed E-state index contributed by atoms with van der Waals surface area (Å²) in [6.07, 6.45) is 10.1. The minimum Gasteiger partial charge on any atom is -0.462 e. The number of nitrogen functional groups attached to an aromatic ring is 1. The van der Waals surface area contributed by atoms with Crippen molar-refractivity contribution in [2.24, 2.45) is 11.8 Å². The van der Waals surface area contributed by atoms with E-state index in [-0.39, 0.29) is 0 Å². The molecule has 2 aliphatic rings. The van der Waals surface area contributed by atoms with Gasteiger partial charge in [-0.05, 0) is 76.5 Å². The molecule has 0 aromatic carbocycles. The second-order valence-corrected chi connectivity index (χ2v) is 8.61. The van der Waals surface area contributed by atoms with Gasteiger partial charge in [0, 0.05) is 6.54 Å². The Labute approximate surface area is 173 Å². The van der Waals surface area contributed by atoms with Crippen molar-refractivity contribution >= 4 is 11.5 Å². The molecule has 2 aromatic heterocycles. The third-order valence-corrected chi connectivity index (χ3v) is 6.35. The average molecular weight is 402 g/mol. The van der Waals surface area contributed by atoms with Crippen molar-refractivity contribution in [2.75, 3.05) is 45.1 Å². The number of nitrogens with one attached hydrogen (secondary N) is 1. The van der Waals surface area contributed by atoms with Gasteiger partial charge < -0.3 is 20.7 Å². The van der Waals surface area contributed by atoms with Gasteiger partial charge in [0.25, 0.3) is 0 Å². The molecule has 0 amide bonds. The van der Waals surface area contributed by atoms with Crippen molar-refractivity contribution in [1.82, 2.24) is 29.8 Å². The SMILES string of the molecule is CCCCOc1nc(N)c2ncc(CC3CCN(CC4CCNCC4)CC3)n2n1. The molecule has 0 atom stereocenters. The number of hydrogen-bond acceptors (Lipinski definition) is 7. The van der Waals surface area contributed by atoms with Crippen molar-refractivity contribution in [3.63, 3.8) is 0 Å². The molecule has 2 aliphatic heterocycles. The van der Waals surface area contributed by atoms with Crippen LogP contribution in [0, 0.1) is 11.8 Å². The number of hydrogen-bond donors (Lipinski definition) is 2. The van der Waals surface area contributed by atoms with Gasteiger partial charge in [0.15, 0.2) is 11.5 Å². The van der Waals surface area contributed by atoms with E-state index in [0.717, 1.165) is 30.9 Å². The lowest BCUT2D eigenvalue weighted by Gasteiger charge is -2.35. The highest BCUT2D eigenvalue weighted by molar-refractivity contribution is 5.59. The summed E-state index contributed by atoms with van der Waals surface area (Å²) in [5, 5.41) is 8.02. The van der Waals surface area contributed by atoms with Gasteiger partial charge in [-0.1, -0.05) is 13.3 Å². The first-order valence-electron chi connectivity index (χ1n) is 11.3. The number of unbranched alkanes of at least 4 members (excludes halogenated alkanes) is 1. The summed E-state index contributed by atoms with van der Waals surface area (Å²) in [5.41, 5.74) is 7.82. The van der Waals surface area contributed by atoms with Gasteiger partial charge in [-0.3, -0.25) is 0 Å². The van der Waals surface area contributed by atoms with Crippen LogP contribution in [0.15, 0.2) is 6.20 Å². The van der Waals surface area contributed by atoms with Crippen LogP contribution in [-0.4, -0.2) is 63.8 Å². The van der Waals surface area contributed by atoms with Gasteiger partial charge in [0.1, 0.15) is 0 Å². The topological polar surface area (TPSA) is 93.6 Å². The third-order valence-electron chi connectivity index (χ3n) is 6.35. The molecule has 2 fully saturated rings. The summed E-state index contributed by atoms with van der Waals surface area (Å²) < 4.78 is 7.51. The normalized spacial score (nSPS) is 19.8. The number of rotatable bonds is 8. The van der Waals surface area contributed by atoms with E-state index in [1.165, 1.54) is 58.4 Å². The fourth-order valence-corrected chi connectivity index (χ4v) is 4.53. The number of imidazole rings is 1. The molecule has 160 valence electrons. The van der Waals surface area contributed by atoms with Gasteiger partial charge in [0.05, 0.1) is 18.5 Å². The van der Waals surface area contributed by atoms with Crippen molar-refractivity contribution in [3.8, 4) is 6.01 Å². The molecule has 0 unspecified atom stereocenters. The molecule has 0 aliphatic carbocycles. The standard InChI is InChI=1S/C21H35N7O/c1-2-3-12-29-21-25-19(22)20-24-14-18(28(20)26-21)13-16-6-10-27(11-7-16)15-17-4-8-23-9-5-17/h14,16-17,23H,2-13,15H2,1H3,(H2,22,25,26). The summed E-state index contributed by atoms with van der Waals surface area (Å²) in [5.74, 6) is 1.92. The number of nitrogens with zero attached hydrogens (tertiary/aromatic N) is 5. The van der Waals surface area contributed by atoms with E-state index < -0.39 is 0 Å². The third kappa shape index (κ3) is 5.17. The second-order valence-electron chi connectivity index (χ2n) is 8.61. The predicted octanol–water partition coefficient (Wildman–Crippen LogP) is 2.14. The number of aromatic nitrogens is 4. The molecule has 0 saturated carbocycles. The van der Waals surface area contributed by atoms with Crippen molar-refractivity contribution in [2.45, 2.75) is 51.9 Å². The molecule has 4 rings (SSSR count). The maximum absolute atomic E-state index is 6.09. The van der Waals surface area contributed by atoms with Crippen LogP contribution >= 0.6 is 0 Å². The molecular formula is C21H35N7O. The zero-order valence-electron chi connectivity index (χ0n) is 17.6. The Morgan fingerprint density at radius 1 is 1.17 bits per heavy atom. The van der Waals surface area contributed by atoms with E-state index in [9.17, 15) is 0 Å². The van der Waals surface area contributed by atoms with Crippen LogP contribution in [0.4, 0.5) is 5.82 Å². The van der Waals surface area contributed by atoms with Crippen LogP contribution < -0.4 is 15.8 Å². The van der Waals surface area contributed by atoms with Crippen molar-refractivity contribution in [3.05, 3.63) is 11.9 Å². The van der Waals surface area contributed by atoms with E-state index in [1.54, 1.807) is 0 Å². The van der Waals surface area contributed by atoms with Crippen LogP contribution in [0.5, 0.6) is 6.01 Å². The Hall–Kier alpha value is -1.93. The number of nitrogens with two attached hydrogens (primary N) is 1. The average Bonchev–Trinajstić information content (AvgIpc) is 3.14. The molecular weight excluding hydrogens is 366 g/mol. The highest BCUT2D eigenvalue weighted by Gasteiger charge is 2.24. The van der Waals surface area contributed by atoms with E-state index >= 15 is 0 Å². The van der Waals surface area contributed by atoms with E-state index in [2.05, 4.69) is 32.2 Å². The lowest BCUT2D eigenvalue weighted by Crippen LogP contribution is -2.40. The molecule has 0 radical (unpaired) electrons. The predicted molar refractivity (Wildman–Crippen MR) is 114 cm³/mol. The summed E-state index contributed by atoms with van der Waals surface area (Å²) in [6.45, 7) is 8.79. The maximum atomic E-state index is 6.09. The first-order valence-corrected chi connectivity index (χ1v) is 11.3. The summed E-state index contributed by atoms with van der Waals surface area (Å²) in [4.78, 5) is 11.4.